The summed E-state index contributed by atoms with van der Waals surface area (Å²) in [6, 6.07) is 4.43. The number of fused-ring (bicyclic) bond motifs is 3. The molecule has 4 aromatic rings. The number of nitrogens with zero attached hydrogens (tertiary/aromatic N) is 4. The van der Waals surface area contributed by atoms with E-state index in [1.807, 2.05) is 0 Å². The van der Waals surface area contributed by atoms with Crippen LogP contribution in [-0.2, 0) is 0 Å². The van der Waals surface area contributed by atoms with Gasteiger partial charge in [-0.15, -0.1) is 6.42 Å². The van der Waals surface area contributed by atoms with E-state index in [-0.39, 0.29) is 76.0 Å². The summed E-state index contributed by atoms with van der Waals surface area (Å²) in [5.74, 6) is -2.66. The summed E-state index contributed by atoms with van der Waals surface area (Å²) in [5, 5.41) is 10.9. The molecule has 38 heavy (non-hydrogen) atoms. The number of aromatic nitrogens is 3. The maximum Gasteiger partial charge on any atom is 0.318 e. The second-order valence-electron chi connectivity index (χ2n) is 9.34. The Hall–Kier alpha value is -4.33. The number of halogens is 4. The molecule has 4 heterocycles. The van der Waals surface area contributed by atoms with Gasteiger partial charge in [0.1, 0.15) is 40.6 Å². The highest BCUT2D eigenvalue weighted by Gasteiger charge is 2.41. The molecule has 0 radical (unpaired) electrons. The molecular formula is C27H20F4N4O3. The van der Waals surface area contributed by atoms with Gasteiger partial charge >= 0.3 is 6.01 Å². The fourth-order valence-electron chi connectivity index (χ4n) is 5.24. The molecule has 1 unspecified atom stereocenters. The minimum atomic E-state index is -2.99. The monoisotopic (exact) mass is 524 g/mol. The Morgan fingerprint density at radius 2 is 2.00 bits per heavy atom. The van der Waals surface area contributed by atoms with Crippen molar-refractivity contribution < 1.29 is 32.1 Å². The van der Waals surface area contributed by atoms with Crippen LogP contribution >= 0.6 is 0 Å². The summed E-state index contributed by atoms with van der Waals surface area (Å²) in [4.78, 5) is 14.3. The number of pyridine rings is 1. The zero-order valence-corrected chi connectivity index (χ0v) is 20.1. The Bertz CT molecular complexity index is 1670. The van der Waals surface area contributed by atoms with Gasteiger partial charge in [0, 0.05) is 17.4 Å². The highest BCUT2D eigenvalue weighted by Crippen LogP contribution is 2.44. The van der Waals surface area contributed by atoms with Crippen LogP contribution in [0.15, 0.2) is 24.3 Å². The van der Waals surface area contributed by atoms with Crippen molar-refractivity contribution >= 4 is 27.5 Å². The minimum Gasteiger partial charge on any atom is -0.508 e. The first-order valence-corrected chi connectivity index (χ1v) is 11.9. The lowest BCUT2D eigenvalue weighted by atomic mass is 9.95. The molecule has 0 aliphatic carbocycles. The van der Waals surface area contributed by atoms with Crippen LogP contribution in [0, 0.1) is 24.0 Å². The SMILES string of the molecule is C#Cc1c(F)ccc2cc(O)cc(-c3nc4c5c(nc(OC)nc5c3F)N3CC(F)(F)CCCC3CO4)c12. The van der Waals surface area contributed by atoms with Crippen molar-refractivity contribution in [3.63, 3.8) is 0 Å². The van der Waals surface area contributed by atoms with Gasteiger partial charge in [0.25, 0.3) is 5.92 Å². The van der Waals surface area contributed by atoms with Crippen molar-refractivity contribution in [2.45, 2.75) is 31.2 Å². The number of hydrogen-bond acceptors (Lipinski definition) is 7. The van der Waals surface area contributed by atoms with Crippen molar-refractivity contribution in [1.29, 1.82) is 0 Å². The molecule has 11 heteroatoms. The molecule has 1 N–H and O–H groups in total. The highest BCUT2D eigenvalue weighted by atomic mass is 19.3. The quantitative estimate of drug-likeness (QED) is 0.285. The van der Waals surface area contributed by atoms with E-state index in [1.54, 1.807) is 0 Å². The third-order valence-corrected chi connectivity index (χ3v) is 6.95. The molecule has 0 bridgehead atoms. The lowest BCUT2D eigenvalue weighted by Gasteiger charge is -2.30. The van der Waals surface area contributed by atoms with Gasteiger partial charge in [0.15, 0.2) is 5.82 Å². The van der Waals surface area contributed by atoms with Gasteiger partial charge in [-0.05, 0) is 36.4 Å². The van der Waals surface area contributed by atoms with Gasteiger partial charge < -0.3 is 19.5 Å². The normalized spacial score (nSPS) is 18.3. The van der Waals surface area contributed by atoms with Crippen molar-refractivity contribution in [1.82, 2.24) is 15.0 Å². The van der Waals surface area contributed by atoms with Crippen molar-refractivity contribution in [3.8, 4) is 41.2 Å². The molecule has 2 aliphatic rings. The molecule has 1 atom stereocenters. The topological polar surface area (TPSA) is 80.6 Å². The van der Waals surface area contributed by atoms with Gasteiger partial charge in [-0.3, -0.25) is 0 Å². The number of aromatic hydroxyl groups is 1. The molecule has 2 aliphatic heterocycles. The smallest absolute Gasteiger partial charge is 0.318 e. The number of ether oxygens (including phenoxy) is 2. The van der Waals surface area contributed by atoms with E-state index in [9.17, 15) is 18.3 Å². The molecular weight excluding hydrogens is 504 g/mol. The van der Waals surface area contributed by atoms with Gasteiger partial charge in [-0.25, -0.2) is 22.5 Å². The lowest BCUT2D eigenvalue weighted by Crippen LogP contribution is -2.43. The summed E-state index contributed by atoms with van der Waals surface area (Å²) in [7, 11) is 1.28. The molecule has 1 saturated heterocycles. The number of methoxy groups -OCH3 is 1. The number of phenols is 1. The van der Waals surface area contributed by atoms with Crippen LogP contribution in [0.3, 0.4) is 0 Å². The minimum absolute atomic E-state index is 0.00700. The average Bonchev–Trinajstić information content (AvgIpc) is 3.13. The zero-order chi connectivity index (χ0) is 26.8. The van der Waals surface area contributed by atoms with Crippen LogP contribution in [0.4, 0.5) is 23.4 Å². The van der Waals surface area contributed by atoms with Crippen LogP contribution in [-0.4, -0.2) is 52.3 Å². The van der Waals surface area contributed by atoms with Crippen LogP contribution < -0.4 is 14.4 Å². The second kappa shape index (κ2) is 8.62. The van der Waals surface area contributed by atoms with E-state index >= 15 is 4.39 Å². The van der Waals surface area contributed by atoms with Crippen LogP contribution in [0.5, 0.6) is 17.6 Å². The number of rotatable bonds is 2. The molecule has 7 nitrogen and oxygen atoms in total. The molecule has 6 rings (SSSR count). The van der Waals surface area contributed by atoms with E-state index < -0.39 is 30.1 Å². The van der Waals surface area contributed by atoms with E-state index in [0.717, 1.165) is 6.07 Å². The van der Waals surface area contributed by atoms with E-state index in [4.69, 9.17) is 15.9 Å². The number of benzene rings is 2. The molecule has 0 amide bonds. The number of anilines is 1. The predicted molar refractivity (Wildman–Crippen MR) is 132 cm³/mol. The fourth-order valence-corrected chi connectivity index (χ4v) is 5.24. The molecule has 194 valence electrons. The largest absolute Gasteiger partial charge is 0.508 e. The standard InChI is InChI=1S/C27H20F4N4O3/c1-3-16-18(28)7-6-13-9-15(36)10-17(19(13)16)22-21(29)23-20-24(34-26(33-23)37-2)35-12-27(30,31)8-4-5-14(35)11-38-25(20)32-22/h1,6-7,9-10,14,36H,4-5,8,11-12H2,2H3. The van der Waals surface area contributed by atoms with E-state index in [2.05, 4.69) is 20.9 Å². The summed E-state index contributed by atoms with van der Waals surface area (Å²) >= 11 is 0. The van der Waals surface area contributed by atoms with Gasteiger partial charge in [0.05, 0.1) is 25.3 Å². The first-order valence-electron chi connectivity index (χ1n) is 11.9. The molecule has 0 spiro atoms. The van der Waals surface area contributed by atoms with Crippen molar-refractivity contribution in [2.75, 3.05) is 25.2 Å². The molecule has 0 saturated carbocycles. The van der Waals surface area contributed by atoms with E-state index in [1.165, 1.54) is 30.2 Å². The fraction of sp³-hybridized carbons (Fsp3) is 0.296. The van der Waals surface area contributed by atoms with Crippen LogP contribution in [0.1, 0.15) is 24.8 Å². The van der Waals surface area contributed by atoms with Gasteiger partial charge in [-0.1, -0.05) is 12.0 Å². The maximum absolute atomic E-state index is 16.3. The number of phenolic OH excluding ortho intramolecular Hbond substituents is 1. The Labute approximate surface area is 214 Å². The van der Waals surface area contributed by atoms with Crippen molar-refractivity contribution in [2.24, 2.45) is 0 Å². The number of hydrogen-bond donors (Lipinski definition) is 1. The van der Waals surface area contributed by atoms with Gasteiger partial charge in [-0.2, -0.15) is 9.97 Å². The third kappa shape index (κ3) is 3.70. The lowest BCUT2D eigenvalue weighted by molar-refractivity contribution is 0.00293. The second-order valence-corrected chi connectivity index (χ2v) is 9.34. The number of terminal acetylenes is 1. The first-order chi connectivity index (χ1) is 18.2. The maximum atomic E-state index is 16.3. The Balaban J connectivity index is 1.68. The Morgan fingerprint density at radius 3 is 2.76 bits per heavy atom. The first kappa shape index (κ1) is 24.0. The van der Waals surface area contributed by atoms with Crippen molar-refractivity contribution in [3.05, 3.63) is 41.5 Å². The highest BCUT2D eigenvalue weighted by molar-refractivity contribution is 6.04. The molecule has 1 fully saturated rings. The average molecular weight is 524 g/mol. The zero-order valence-electron chi connectivity index (χ0n) is 20.1. The summed E-state index contributed by atoms with van der Waals surface area (Å²) < 4.78 is 71.4. The Morgan fingerprint density at radius 1 is 1.18 bits per heavy atom. The Kier molecular flexibility index (Phi) is 5.45. The summed E-state index contributed by atoms with van der Waals surface area (Å²) in [6.07, 6.45) is 5.95. The summed E-state index contributed by atoms with van der Waals surface area (Å²) in [6.45, 7) is -0.645. The van der Waals surface area contributed by atoms with E-state index in [0.29, 0.717) is 11.8 Å². The predicted octanol–water partition coefficient (Wildman–Crippen LogP) is 5.21. The summed E-state index contributed by atoms with van der Waals surface area (Å²) in [5.41, 5.74) is -0.724. The number of alkyl halides is 2. The molecule has 2 aromatic carbocycles. The van der Waals surface area contributed by atoms with Crippen LogP contribution in [0.2, 0.25) is 0 Å². The molecule has 2 aromatic heterocycles. The third-order valence-electron chi connectivity index (χ3n) is 6.95. The van der Waals surface area contributed by atoms with Crippen LogP contribution in [0.25, 0.3) is 32.9 Å². The van der Waals surface area contributed by atoms with Gasteiger partial charge in [0.2, 0.25) is 5.88 Å².